The predicted molar refractivity (Wildman–Crippen MR) is 70.4 cm³/mol. The maximum absolute atomic E-state index is 13.0. The molecule has 4 nitrogen and oxygen atoms in total. The molecule has 0 radical (unpaired) electrons. The largest absolute Gasteiger partial charge is 0.398 e. The zero-order valence-electron chi connectivity index (χ0n) is 10.5. The van der Waals surface area contributed by atoms with E-state index in [0.29, 0.717) is 24.9 Å². The van der Waals surface area contributed by atoms with Gasteiger partial charge in [0.2, 0.25) is 10.0 Å². The molecule has 0 bridgehead atoms. The highest BCUT2D eigenvalue weighted by Crippen LogP contribution is 2.40. The highest BCUT2D eigenvalue weighted by atomic mass is 32.2. The molecule has 2 unspecified atom stereocenters. The summed E-state index contributed by atoms with van der Waals surface area (Å²) in [6, 6.07) is 3.46. The third kappa shape index (κ3) is 2.12. The van der Waals surface area contributed by atoms with Gasteiger partial charge in [0.05, 0.1) is 5.69 Å². The average molecular weight is 284 g/mol. The van der Waals surface area contributed by atoms with Crippen LogP contribution in [0, 0.1) is 17.7 Å². The van der Waals surface area contributed by atoms with Crippen molar-refractivity contribution in [2.45, 2.75) is 24.2 Å². The minimum absolute atomic E-state index is 0.0166. The molecule has 1 aliphatic carbocycles. The van der Waals surface area contributed by atoms with Crippen LogP contribution >= 0.6 is 0 Å². The fourth-order valence-corrected chi connectivity index (χ4v) is 4.93. The van der Waals surface area contributed by atoms with Crippen LogP contribution in [0.25, 0.3) is 0 Å². The number of halogens is 1. The number of rotatable bonds is 2. The van der Waals surface area contributed by atoms with Gasteiger partial charge < -0.3 is 5.73 Å². The van der Waals surface area contributed by atoms with E-state index >= 15 is 0 Å². The molecule has 1 saturated carbocycles. The van der Waals surface area contributed by atoms with Crippen LogP contribution in [-0.2, 0) is 10.0 Å². The molecule has 2 aliphatic rings. The van der Waals surface area contributed by atoms with Crippen molar-refractivity contribution in [1.29, 1.82) is 0 Å². The van der Waals surface area contributed by atoms with Crippen molar-refractivity contribution in [2.24, 2.45) is 11.8 Å². The fraction of sp³-hybridized carbons (Fsp3) is 0.538. The number of sulfonamides is 1. The monoisotopic (exact) mass is 284 g/mol. The Morgan fingerprint density at radius 2 is 1.84 bits per heavy atom. The zero-order valence-corrected chi connectivity index (χ0v) is 11.4. The van der Waals surface area contributed by atoms with Gasteiger partial charge in [-0.3, -0.25) is 0 Å². The lowest BCUT2D eigenvalue weighted by Gasteiger charge is -2.18. The van der Waals surface area contributed by atoms with Gasteiger partial charge in [-0.05, 0) is 42.9 Å². The van der Waals surface area contributed by atoms with Gasteiger partial charge in [-0.15, -0.1) is 0 Å². The van der Waals surface area contributed by atoms with Crippen LogP contribution < -0.4 is 5.73 Å². The van der Waals surface area contributed by atoms with E-state index in [-0.39, 0.29) is 10.6 Å². The molecule has 0 aromatic heterocycles. The van der Waals surface area contributed by atoms with Gasteiger partial charge in [-0.2, -0.15) is 4.31 Å². The van der Waals surface area contributed by atoms with E-state index in [4.69, 9.17) is 5.73 Å². The maximum atomic E-state index is 13.0. The van der Waals surface area contributed by atoms with Crippen molar-refractivity contribution in [3.05, 3.63) is 24.0 Å². The van der Waals surface area contributed by atoms with E-state index in [9.17, 15) is 12.8 Å². The van der Waals surface area contributed by atoms with Crippen molar-refractivity contribution >= 4 is 15.7 Å². The molecule has 1 heterocycles. The van der Waals surface area contributed by atoms with E-state index in [0.717, 1.165) is 25.0 Å². The van der Waals surface area contributed by atoms with Gasteiger partial charge in [-0.1, -0.05) is 6.42 Å². The normalized spacial score (nSPS) is 27.6. The van der Waals surface area contributed by atoms with Gasteiger partial charge in [-0.25, -0.2) is 12.8 Å². The van der Waals surface area contributed by atoms with Crippen molar-refractivity contribution < 1.29 is 12.8 Å². The first-order chi connectivity index (χ1) is 8.98. The highest BCUT2D eigenvalue weighted by Gasteiger charge is 2.41. The minimum Gasteiger partial charge on any atom is -0.398 e. The predicted octanol–water partition coefficient (Wildman–Crippen LogP) is 1.83. The average Bonchev–Trinajstić information content (AvgIpc) is 2.87. The summed E-state index contributed by atoms with van der Waals surface area (Å²) in [7, 11) is -3.59. The smallest absolute Gasteiger partial charge is 0.245 e. The number of nitrogen functional groups attached to an aromatic ring is 1. The Bertz CT molecular complexity index is 591. The molecule has 1 aromatic carbocycles. The summed E-state index contributed by atoms with van der Waals surface area (Å²) in [4.78, 5) is 0.0221. The molecule has 1 aliphatic heterocycles. The summed E-state index contributed by atoms with van der Waals surface area (Å²) in [6.45, 7) is 1.15. The topological polar surface area (TPSA) is 63.4 Å². The van der Waals surface area contributed by atoms with Crippen molar-refractivity contribution in [3.63, 3.8) is 0 Å². The number of nitrogens with zero attached hydrogens (tertiary/aromatic N) is 1. The molecule has 0 amide bonds. The van der Waals surface area contributed by atoms with E-state index in [2.05, 4.69) is 0 Å². The Hall–Kier alpha value is -1.14. The highest BCUT2D eigenvalue weighted by molar-refractivity contribution is 7.89. The molecule has 3 rings (SSSR count). The first-order valence-corrected chi connectivity index (χ1v) is 7.97. The van der Waals surface area contributed by atoms with E-state index in [1.807, 2.05) is 0 Å². The molecular weight excluding hydrogens is 267 g/mol. The van der Waals surface area contributed by atoms with Gasteiger partial charge in [0.15, 0.2) is 0 Å². The van der Waals surface area contributed by atoms with Crippen LogP contribution in [0.2, 0.25) is 0 Å². The summed E-state index contributed by atoms with van der Waals surface area (Å²) in [5.74, 6) is 0.447. The van der Waals surface area contributed by atoms with Gasteiger partial charge >= 0.3 is 0 Å². The molecule has 2 atom stereocenters. The Balaban J connectivity index is 1.91. The summed E-state index contributed by atoms with van der Waals surface area (Å²) in [5.41, 5.74) is 5.63. The second-order valence-corrected chi connectivity index (χ2v) is 7.36. The number of anilines is 1. The fourth-order valence-electron chi connectivity index (χ4n) is 3.28. The summed E-state index contributed by atoms with van der Waals surface area (Å²) < 4.78 is 39.6. The van der Waals surface area contributed by atoms with Crippen LogP contribution in [0.1, 0.15) is 19.3 Å². The zero-order chi connectivity index (χ0) is 13.6. The molecule has 104 valence electrons. The summed E-state index contributed by atoms with van der Waals surface area (Å²) in [5, 5.41) is 0. The van der Waals surface area contributed by atoms with E-state index in [1.54, 1.807) is 0 Å². The Labute approximate surface area is 112 Å². The Morgan fingerprint density at radius 3 is 2.42 bits per heavy atom. The molecule has 0 spiro atoms. The Kier molecular flexibility index (Phi) is 3.02. The third-order valence-electron chi connectivity index (χ3n) is 4.28. The van der Waals surface area contributed by atoms with Crippen LogP contribution in [-0.4, -0.2) is 25.8 Å². The van der Waals surface area contributed by atoms with E-state index in [1.165, 1.54) is 16.8 Å². The maximum Gasteiger partial charge on any atom is 0.245 e. The molecule has 1 saturated heterocycles. The number of nitrogens with two attached hydrogens (primary N) is 1. The molecule has 1 aromatic rings. The van der Waals surface area contributed by atoms with Crippen molar-refractivity contribution in [3.8, 4) is 0 Å². The molecule has 2 fully saturated rings. The first-order valence-electron chi connectivity index (χ1n) is 6.53. The van der Waals surface area contributed by atoms with Gasteiger partial charge in [0, 0.05) is 13.1 Å². The second kappa shape index (κ2) is 4.45. The molecule has 2 N–H and O–H groups in total. The Morgan fingerprint density at radius 1 is 1.21 bits per heavy atom. The lowest BCUT2D eigenvalue weighted by atomic mass is 10.0. The first kappa shape index (κ1) is 12.9. The molecule has 19 heavy (non-hydrogen) atoms. The molecule has 6 heteroatoms. The van der Waals surface area contributed by atoms with Gasteiger partial charge in [0.1, 0.15) is 10.7 Å². The second-order valence-electron chi connectivity index (χ2n) is 5.46. The number of benzene rings is 1. The SMILES string of the molecule is Nc1cc(F)ccc1S(=O)(=O)N1CC2CCCC2C1. The standard InChI is InChI=1S/C13H17FN2O2S/c14-11-4-5-13(12(15)6-11)19(17,18)16-7-9-2-1-3-10(9)8-16/h4-6,9-10H,1-3,7-8,15H2. The lowest BCUT2D eigenvalue weighted by molar-refractivity contribution is 0.445. The van der Waals surface area contributed by atoms with Crippen LogP contribution in [0.4, 0.5) is 10.1 Å². The quantitative estimate of drug-likeness (QED) is 0.843. The number of fused-ring (bicyclic) bond motifs is 1. The minimum atomic E-state index is -3.59. The third-order valence-corrected chi connectivity index (χ3v) is 6.19. The van der Waals surface area contributed by atoms with Crippen molar-refractivity contribution in [2.75, 3.05) is 18.8 Å². The summed E-state index contributed by atoms with van der Waals surface area (Å²) >= 11 is 0. The summed E-state index contributed by atoms with van der Waals surface area (Å²) in [6.07, 6.45) is 3.41. The lowest BCUT2D eigenvalue weighted by Crippen LogP contribution is -2.30. The molecular formula is C13H17FN2O2S. The number of hydrogen-bond acceptors (Lipinski definition) is 3. The van der Waals surface area contributed by atoms with Crippen LogP contribution in [0.15, 0.2) is 23.1 Å². The van der Waals surface area contributed by atoms with Crippen LogP contribution in [0.3, 0.4) is 0 Å². The number of hydrogen-bond donors (Lipinski definition) is 1. The van der Waals surface area contributed by atoms with Crippen LogP contribution in [0.5, 0.6) is 0 Å². The van der Waals surface area contributed by atoms with Gasteiger partial charge in [0.25, 0.3) is 0 Å². The van der Waals surface area contributed by atoms with E-state index < -0.39 is 15.8 Å². The van der Waals surface area contributed by atoms with Crippen molar-refractivity contribution in [1.82, 2.24) is 4.31 Å².